The van der Waals surface area contributed by atoms with Crippen molar-refractivity contribution in [3.63, 3.8) is 0 Å². The summed E-state index contributed by atoms with van der Waals surface area (Å²) in [7, 11) is 0. The number of hydrogen-bond acceptors (Lipinski definition) is 2. The van der Waals surface area contributed by atoms with Crippen LogP contribution in [0.5, 0.6) is 5.75 Å². The molecular weight excluding hydrogens is 274 g/mol. The number of amides is 1. The fourth-order valence-corrected chi connectivity index (χ4v) is 1.93. The Bertz CT molecular complexity index is 620. The molecule has 0 aliphatic rings. The SMILES string of the molecule is CCCCOc1ccccc1NC(=O)/C=C/c1ccccc1. The Labute approximate surface area is 131 Å². The first-order valence-electron chi connectivity index (χ1n) is 7.55. The summed E-state index contributed by atoms with van der Waals surface area (Å²) in [6.45, 7) is 2.77. The summed E-state index contributed by atoms with van der Waals surface area (Å²) in [6.07, 6.45) is 5.39. The van der Waals surface area contributed by atoms with E-state index in [0.717, 1.165) is 18.4 Å². The monoisotopic (exact) mass is 295 g/mol. The maximum absolute atomic E-state index is 12.0. The fourth-order valence-electron chi connectivity index (χ4n) is 1.93. The summed E-state index contributed by atoms with van der Waals surface area (Å²) >= 11 is 0. The van der Waals surface area contributed by atoms with Gasteiger partial charge in [-0.2, -0.15) is 0 Å². The maximum Gasteiger partial charge on any atom is 0.248 e. The predicted molar refractivity (Wildman–Crippen MR) is 91.0 cm³/mol. The average molecular weight is 295 g/mol. The summed E-state index contributed by atoms with van der Waals surface area (Å²) in [4.78, 5) is 12.0. The Morgan fingerprint density at radius 3 is 2.59 bits per heavy atom. The molecule has 0 bridgehead atoms. The Morgan fingerprint density at radius 2 is 1.82 bits per heavy atom. The molecule has 0 saturated heterocycles. The van der Waals surface area contributed by atoms with E-state index in [1.54, 1.807) is 6.08 Å². The second kappa shape index (κ2) is 8.67. The van der Waals surface area contributed by atoms with Gasteiger partial charge in [-0.1, -0.05) is 55.8 Å². The Hall–Kier alpha value is -2.55. The van der Waals surface area contributed by atoms with E-state index >= 15 is 0 Å². The van der Waals surface area contributed by atoms with Crippen molar-refractivity contribution in [2.24, 2.45) is 0 Å². The van der Waals surface area contributed by atoms with Gasteiger partial charge in [0.1, 0.15) is 5.75 Å². The van der Waals surface area contributed by atoms with Crippen LogP contribution in [0.25, 0.3) is 6.08 Å². The molecule has 2 aromatic rings. The third-order valence-corrected chi connectivity index (χ3v) is 3.13. The van der Waals surface area contributed by atoms with Gasteiger partial charge in [-0.15, -0.1) is 0 Å². The van der Waals surface area contributed by atoms with Crippen molar-refractivity contribution in [3.05, 3.63) is 66.2 Å². The third kappa shape index (κ3) is 5.09. The molecule has 2 aromatic carbocycles. The average Bonchev–Trinajstić information content (AvgIpc) is 2.56. The van der Waals surface area contributed by atoms with Crippen LogP contribution in [-0.2, 0) is 4.79 Å². The molecule has 0 heterocycles. The molecule has 0 spiro atoms. The lowest BCUT2D eigenvalue weighted by molar-refractivity contribution is -0.111. The van der Waals surface area contributed by atoms with Gasteiger partial charge in [0.25, 0.3) is 0 Å². The minimum Gasteiger partial charge on any atom is -0.491 e. The molecule has 114 valence electrons. The molecule has 22 heavy (non-hydrogen) atoms. The van der Waals surface area contributed by atoms with Crippen molar-refractivity contribution < 1.29 is 9.53 Å². The fraction of sp³-hybridized carbons (Fsp3) is 0.211. The van der Waals surface area contributed by atoms with E-state index in [-0.39, 0.29) is 5.91 Å². The van der Waals surface area contributed by atoms with E-state index in [4.69, 9.17) is 4.74 Å². The first kappa shape index (κ1) is 15.8. The number of carbonyl (C=O) groups excluding carboxylic acids is 1. The molecule has 3 nitrogen and oxygen atoms in total. The molecule has 1 N–H and O–H groups in total. The summed E-state index contributed by atoms with van der Waals surface area (Å²) in [5.41, 5.74) is 1.69. The lowest BCUT2D eigenvalue weighted by Crippen LogP contribution is -2.09. The van der Waals surface area contributed by atoms with Crippen molar-refractivity contribution in [1.29, 1.82) is 0 Å². The molecule has 0 atom stereocenters. The van der Waals surface area contributed by atoms with Crippen LogP contribution in [-0.4, -0.2) is 12.5 Å². The van der Waals surface area contributed by atoms with Gasteiger partial charge < -0.3 is 10.1 Å². The van der Waals surface area contributed by atoms with Crippen LogP contribution < -0.4 is 10.1 Å². The van der Waals surface area contributed by atoms with E-state index in [9.17, 15) is 4.79 Å². The number of unbranched alkanes of at least 4 members (excludes halogenated alkanes) is 1. The zero-order chi connectivity index (χ0) is 15.6. The van der Waals surface area contributed by atoms with Gasteiger partial charge in [0.2, 0.25) is 5.91 Å². The molecule has 2 rings (SSSR count). The van der Waals surface area contributed by atoms with Crippen LogP contribution >= 0.6 is 0 Å². The normalized spacial score (nSPS) is 10.6. The highest BCUT2D eigenvalue weighted by molar-refractivity contribution is 6.02. The standard InChI is InChI=1S/C19H21NO2/c1-2-3-15-22-18-12-8-7-11-17(18)20-19(21)14-13-16-9-5-4-6-10-16/h4-14H,2-3,15H2,1H3,(H,20,21)/b14-13+. The molecule has 0 aliphatic carbocycles. The molecule has 0 radical (unpaired) electrons. The first-order chi connectivity index (χ1) is 10.8. The van der Waals surface area contributed by atoms with Crippen LogP contribution in [0.2, 0.25) is 0 Å². The minimum atomic E-state index is -0.171. The van der Waals surface area contributed by atoms with Crippen molar-refractivity contribution in [2.75, 3.05) is 11.9 Å². The van der Waals surface area contributed by atoms with Crippen LogP contribution in [0.15, 0.2) is 60.7 Å². The number of anilines is 1. The van der Waals surface area contributed by atoms with Gasteiger partial charge in [0.15, 0.2) is 0 Å². The minimum absolute atomic E-state index is 0.171. The van der Waals surface area contributed by atoms with Gasteiger partial charge in [-0.3, -0.25) is 4.79 Å². The number of rotatable bonds is 7. The van der Waals surface area contributed by atoms with Crippen molar-refractivity contribution in [1.82, 2.24) is 0 Å². The highest BCUT2D eigenvalue weighted by Gasteiger charge is 2.05. The highest BCUT2D eigenvalue weighted by Crippen LogP contribution is 2.24. The Kier molecular flexibility index (Phi) is 6.24. The predicted octanol–water partition coefficient (Wildman–Crippen LogP) is 4.52. The van der Waals surface area contributed by atoms with Crippen LogP contribution in [0.4, 0.5) is 5.69 Å². The number of carbonyl (C=O) groups is 1. The molecule has 3 heteroatoms. The van der Waals surface area contributed by atoms with Gasteiger partial charge in [0, 0.05) is 6.08 Å². The second-order valence-electron chi connectivity index (χ2n) is 4.93. The zero-order valence-electron chi connectivity index (χ0n) is 12.8. The van der Waals surface area contributed by atoms with Crippen molar-refractivity contribution >= 4 is 17.7 Å². The van der Waals surface area contributed by atoms with Crippen LogP contribution in [0.3, 0.4) is 0 Å². The number of ether oxygens (including phenoxy) is 1. The first-order valence-corrected chi connectivity index (χ1v) is 7.55. The number of para-hydroxylation sites is 2. The Balaban J connectivity index is 1.98. The van der Waals surface area contributed by atoms with Gasteiger partial charge >= 0.3 is 0 Å². The van der Waals surface area contributed by atoms with E-state index in [1.165, 1.54) is 6.08 Å². The number of hydrogen-bond donors (Lipinski definition) is 1. The third-order valence-electron chi connectivity index (χ3n) is 3.13. The number of benzene rings is 2. The smallest absolute Gasteiger partial charge is 0.248 e. The number of nitrogens with one attached hydrogen (secondary N) is 1. The lowest BCUT2D eigenvalue weighted by Gasteiger charge is -2.11. The van der Waals surface area contributed by atoms with Crippen molar-refractivity contribution in [3.8, 4) is 5.75 Å². The molecule has 0 saturated carbocycles. The van der Waals surface area contributed by atoms with Crippen molar-refractivity contribution in [2.45, 2.75) is 19.8 Å². The van der Waals surface area contributed by atoms with E-state index in [1.807, 2.05) is 54.6 Å². The van der Waals surface area contributed by atoms with Crippen LogP contribution in [0, 0.1) is 0 Å². The highest BCUT2D eigenvalue weighted by atomic mass is 16.5. The summed E-state index contributed by atoms with van der Waals surface area (Å²) in [6, 6.07) is 17.2. The zero-order valence-corrected chi connectivity index (χ0v) is 12.8. The van der Waals surface area contributed by atoms with E-state index in [2.05, 4.69) is 12.2 Å². The largest absolute Gasteiger partial charge is 0.491 e. The summed E-state index contributed by atoms with van der Waals surface area (Å²) in [5, 5.41) is 2.86. The molecule has 0 aromatic heterocycles. The van der Waals surface area contributed by atoms with E-state index < -0.39 is 0 Å². The van der Waals surface area contributed by atoms with Gasteiger partial charge in [0.05, 0.1) is 12.3 Å². The molecular formula is C19H21NO2. The molecule has 0 fully saturated rings. The quantitative estimate of drug-likeness (QED) is 0.602. The lowest BCUT2D eigenvalue weighted by atomic mass is 10.2. The van der Waals surface area contributed by atoms with E-state index in [0.29, 0.717) is 18.0 Å². The Morgan fingerprint density at radius 1 is 1.09 bits per heavy atom. The summed E-state index contributed by atoms with van der Waals surface area (Å²) in [5.74, 6) is 0.535. The van der Waals surface area contributed by atoms with Gasteiger partial charge in [-0.05, 0) is 30.2 Å². The summed E-state index contributed by atoms with van der Waals surface area (Å²) < 4.78 is 5.70. The molecule has 0 aliphatic heterocycles. The topological polar surface area (TPSA) is 38.3 Å². The van der Waals surface area contributed by atoms with Crippen LogP contribution in [0.1, 0.15) is 25.3 Å². The maximum atomic E-state index is 12.0. The molecule has 1 amide bonds. The van der Waals surface area contributed by atoms with Gasteiger partial charge in [-0.25, -0.2) is 0 Å². The second-order valence-corrected chi connectivity index (χ2v) is 4.93. The molecule has 0 unspecified atom stereocenters.